The summed E-state index contributed by atoms with van der Waals surface area (Å²) < 4.78 is 4.83. The summed E-state index contributed by atoms with van der Waals surface area (Å²) >= 11 is 0. The highest BCUT2D eigenvalue weighted by atomic mass is 15.1. The Labute approximate surface area is 380 Å². The van der Waals surface area contributed by atoms with Crippen LogP contribution in [0.25, 0.3) is 0 Å². The van der Waals surface area contributed by atoms with Gasteiger partial charge in [-0.05, 0) is 57.9 Å². The van der Waals surface area contributed by atoms with Crippen molar-refractivity contribution in [3.8, 4) is 0 Å². The van der Waals surface area contributed by atoms with Gasteiger partial charge in [-0.3, -0.25) is 0 Å². The molecule has 356 valence electrons. The van der Waals surface area contributed by atoms with Gasteiger partial charge in [0.2, 0.25) is 6.33 Å². The fraction of sp³-hybridized carbons (Fsp3) is 0.947. The first kappa shape index (κ1) is 57.2. The highest BCUT2D eigenvalue weighted by molar-refractivity contribution is 4.89. The zero-order valence-corrected chi connectivity index (χ0v) is 42.4. The Hall–Kier alpha value is -0.830. The van der Waals surface area contributed by atoms with Crippen molar-refractivity contribution >= 4 is 0 Å². The highest BCUT2D eigenvalue weighted by Crippen LogP contribution is 2.32. The lowest BCUT2D eigenvalue weighted by atomic mass is 9.81. The second-order valence-electron chi connectivity index (χ2n) is 20.3. The minimum absolute atomic E-state index is 0.338. The number of aromatic nitrogens is 2. The Morgan fingerprint density at radius 3 is 1.03 bits per heavy atom. The lowest BCUT2D eigenvalue weighted by molar-refractivity contribution is -0.671. The summed E-state index contributed by atoms with van der Waals surface area (Å²) in [6.07, 6.45) is 72.6. The van der Waals surface area contributed by atoms with Gasteiger partial charge in [-0.25, -0.2) is 9.13 Å². The molecule has 0 spiro atoms. The Morgan fingerprint density at radius 1 is 0.383 bits per heavy atom. The number of nitrogens with one attached hydrogen (secondary N) is 1. The smallest absolute Gasteiger partial charge is 0.243 e. The molecule has 0 saturated heterocycles. The average molecular weight is 842 g/mol. The van der Waals surface area contributed by atoms with Gasteiger partial charge in [0.05, 0.1) is 7.05 Å². The number of hydrogen-bond acceptors (Lipinski definition) is 1. The third-order valence-electron chi connectivity index (χ3n) is 14.3. The maximum Gasteiger partial charge on any atom is 0.243 e. The Balaban J connectivity index is 2.75. The molecular formula is C57H114N3+. The normalized spacial score (nSPS) is 12.6. The molecule has 0 amide bonds. The summed E-state index contributed by atoms with van der Waals surface area (Å²) in [4.78, 5) is 0. The van der Waals surface area contributed by atoms with E-state index >= 15 is 0 Å². The molecule has 3 nitrogen and oxygen atoms in total. The van der Waals surface area contributed by atoms with Crippen molar-refractivity contribution in [1.82, 2.24) is 9.88 Å². The van der Waals surface area contributed by atoms with Crippen molar-refractivity contribution in [1.29, 1.82) is 0 Å². The van der Waals surface area contributed by atoms with Crippen molar-refractivity contribution in [3.05, 3.63) is 18.7 Å². The van der Waals surface area contributed by atoms with Crippen molar-refractivity contribution in [2.75, 3.05) is 6.54 Å². The van der Waals surface area contributed by atoms with Crippen LogP contribution in [0, 0.1) is 0 Å². The van der Waals surface area contributed by atoms with Gasteiger partial charge in [0, 0.05) is 5.54 Å². The van der Waals surface area contributed by atoms with E-state index in [4.69, 9.17) is 0 Å². The van der Waals surface area contributed by atoms with E-state index in [1.165, 1.54) is 302 Å². The predicted molar refractivity (Wildman–Crippen MR) is 270 cm³/mol. The number of hydrogen-bond donors (Lipinski definition) is 1. The van der Waals surface area contributed by atoms with Crippen molar-refractivity contribution < 1.29 is 4.57 Å². The first-order valence-electron chi connectivity index (χ1n) is 28.4. The summed E-state index contributed by atoms with van der Waals surface area (Å²) in [5.41, 5.74) is 0.338. The molecule has 1 N–H and O–H groups in total. The first-order valence-corrected chi connectivity index (χ1v) is 28.4. The molecule has 0 radical (unpaired) electrons. The predicted octanol–water partition coefficient (Wildman–Crippen LogP) is 19.2. The van der Waals surface area contributed by atoms with Gasteiger partial charge in [-0.1, -0.05) is 272 Å². The van der Waals surface area contributed by atoms with Crippen LogP contribution in [0.15, 0.2) is 18.7 Å². The Morgan fingerprint density at radius 2 is 0.683 bits per heavy atom. The van der Waals surface area contributed by atoms with E-state index in [1.54, 1.807) is 0 Å². The van der Waals surface area contributed by atoms with E-state index in [0.29, 0.717) is 11.6 Å². The number of rotatable bonds is 50. The molecule has 1 aromatic rings. The standard InChI is InChI=1S/C57H114N3/c1-6-10-14-18-22-26-27-28-29-30-31-32-33-37-41-45-52-58-57(49-43-39-35-24-20-16-12-8-3,50-44-40-36-25-21-17-13-9-4)51-46-48-56(60-54-53-59(5)55-60)47-42-38-34-23-19-15-11-7-2/h53-56,58H,6-52H2,1-5H3/q+1. The second-order valence-corrected chi connectivity index (χ2v) is 20.3. The summed E-state index contributed by atoms with van der Waals surface area (Å²) in [7, 11) is 2.20. The van der Waals surface area contributed by atoms with Gasteiger partial charge in [-0.2, -0.15) is 0 Å². The van der Waals surface area contributed by atoms with Crippen LogP contribution < -0.4 is 9.88 Å². The van der Waals surface area contributed by atoms with Crippen molar-refractivity contribution in [3.63, 3.8) is 0 Å². The molecule has 1 atom stereocenters. The monoisotopic (exact) mass is 841 g/mol. The fourth-order valence-electron chi connectivity index (χ4n) is 10.2. The molecule has 0 bridgehead atoms. The summed E-state index contributed by atoms with van der Waals surface area (Å²) in [5.74, 6) is 0. The lowest BCUT2D eigenvalue weighted by Gasteiger charge is -2.36. The summed E-state index contributed by atoms with van der Waals surface area (Å²) in [6, 6.07) is 0.649. The van der Waals surface area contributed by atoms with Crippen LogP contribution in [0.2, 0.25) is 0 Å². The lowest BCUT2D eigenvalue weighted by Crippen LogP contribution is -2.46. The molecule has 1 unspecified atom stereocenters. The highest BCUT2D eigenvalue weighted by Gasteiger charge is 2.29. The van der Waals surface area contributed by atoms with Crippen LogP contribution in [-0.2, 0) is 7.05 Å². The molecule has 3 heteroatoms. The summed E-state index contributed by atoms with van der Waals surface area (Å²) in [5, 5.41) is 4.41. The molecule has 0 aliphatic heterocycles. The minimum atomic E-state index is 0.338. The summed E-state index contributed by atoms with van der Waals surface area (Å²) in [6.45, 7) is 10.6. The second kappa shape index (κ2) is 44.8. The van der Waals surface area contributed by atoms with Crippen LogP contribution >= 0.6 is 0 Å². The SMILES string of the molecule is CCCCCCCCCCCCCCCCCCNC(CCCCCCCCCC)(CCCCCCCCCC)CCCC(CCCCCCCCCC)n1cc[n+](C)c1. The molecule has 1 aromatic heterocycles. The largest absolute Gasteiger partial charge is 0.311 e. The molecule has 1 rings (SSSR count). The van der Waals surface area contributed by atoms with Crippen LogP contribution in [0.3, 0.4) is 0 Å². The number of unbranched alkanes of at least 4 members (excludes halogenated alkanes) is 36. The van der Waals surface area contributed by atoms with E-state index in [1.807, 2.05) is 0 Å². The van der Waals surface area contributed by atoms with Crippen molar-refractivity contribution in [2.45, 2.75) is 335 Å². The number of nitrogens with zero attached hydrogens (tertiary/aromatic N) is 2. The molecule has 0 aromatic carbocycles. The molecule has 0 saturated carbocycles. The van der Waals surface area contributed by atoms with E-state index in [-0.39, 0.29) is 0 Å². The molecule has 1 heterocycles. The van der Waals surface area contributed by atoms with Crippen LogP contribution in [0.1, 0.15) is 329 Å². The van der Waals surface area contributed by atoms with Gasteiger partial charge in [-0.15, -0.1) is 0 Å². The molecule has 0 aliphatic rings. The van der Waals surface area contributed by atoms with Gasteiger partial charge in [0.25, 0.3) is 0 Å². The third kappa shape index (κ3) is 35.6. The Bertz CT molecular complexity index is 933. The quantitative estimate of drug-likeness (QED) is 0.0512. The van der Waals surface area contributed by atoms with Gasteiger partial charge in [0.1, 0.15) is 18.4 Å². The number of imidazole rings is 1. The average Bonchev–Trinajstić information content (AvgIpc) is 3.69. The van der Waals surface area contributed by atoms with E-state index in [0.717, 1.165) is 0 Å². The van der Waals surface area contributed by atoms with E-state index in [2.05, 4.69) is 67.9 Å². The van der Waals surface area contributed by atoms with Gasteiger partial charge >= 0.3 is 0 Å². The van der Waals surface area contributed by atoms with E-state index < -0.39 is 0 Å². The molecule has 0 aliphatic carbocycles. The fourth-order valence-corrected chi connectivity index (χ4v) is 10.2. The van der Waals surface area contributed by atoms with Crippen LogP contribution in [0.5, 0.6) is 0 Å². The molecule has 60 heavy (non-hydrogen) atoms. The van der Waals surface area contributed by atoms with Crippen LogP contribution in [-0.4, -0.2) is 16.7 Å². The van der Waals surface area contributed by atoms with Gasteiger partial charge < -0.3 is 5.32 Å². The third-order valence-corrected chi connectivity index (χ3v) is 14.3. The van der Waals surface area contributed by atoms with Crippen LogP contribution in [0.4, 0.5) is 0 Å². The minimum Gasteiger partial charge on any atom is -0.311 e. The first-order chi connectivity index (χ1) is 29.6. The van der Waals surface area contributed by atoms with Gasteiger partial charge in [0.15, 0.2) is 0 Å². The topological polar surface area (TPSA) is 20.8 Å². The molecule has 0 fully saturated rings. The van der Waals surface area contributed by atoms with E-state index in [9.17, 15) is 0 Å². The maximum absolute atomic E-state index is 4.41. The molecular weight excluding hydrogens is 727 g/mol. The zero-order valence-electron chi connectivity index (χ0n) is 42.4. The maximum atomic E-state index is 4.41. The number of aryl methyl sites for hydroxylation is 1. The Kier molecular flexibility index (Phi) is 42.7. The zero-order chi connectivity index (χ0) is 43.3. The van der Waals surface area contributed by atoms with Crippen molar-refractivity contribution in [2.24, 2.45) is 7.05 Å².